The molecule has 1 aromatic carbocycles. The van der Waals surface area contributed by atoms with E-state index in [1.165, 1.54) is 11.1 Å². The predicted octanol–water partition coefficient (Wildman–Crippen LogP) is 2.30. The zero-order valence-electron chi connectivity index (χ0n) is 9.49. The normalized spacial score (nSPS) is 26.5. The Hall–Kier alpha value is -0.860. The molecule has 2 rings (SSSR count). The summed E-state index contributed by atoms with van der Waals surface area (Å²) in [5.41, 5.74) is 2.72. The number of morpholine rings is 1. The van der Waals surface area contributed by atoms with Gasteiger partial charge in [-0.15, -0.1) is 0 Å². The average molecular weight is 205 g/mol. The fourth-order valence-corrected chi connectivity index (χ4v) is 1.89. The number of ether oxygens (including phenoxy) is 1. The topological polar surface area (TPSA) is 21.3 Å². The van der Waals surface area contributed by atoms with Crippen molar-refractivity contribution in [2.45, 2.75) is 32.4 Å². The van der Waals surface area contributed by atoms with E-state index >= 15 is 0 Å². The van der Waals surface area contributed by atoms with E-state index in [1.54, 1.807) is 0 Å². The lowest BCUT2D eigenvalue weighted by atomic mass is 10.0. The standard InChI is InChI=1S/C13H19NO/c1-3-11-4-6-12(7-5-11)13-9-15-10(2)8-14-13/h4-7,10,13-14H,3,8-9H2,1-2H3. The lowest BCUT2D eigenvalue weighted by Crippen LogP contribution is -2.39. The highest BCUT2D eigenvalue weighted by atomic mass is 16.5. The Labute approximate surface area is 91.6 Å². The van der Waals surface area contributed by atoms with Crippen LogP contribution in [0.1, 0.15) is 31.0 Å². The maximum absolute atomic E-state index is 5.64. The molecule has 1 aliphatic heterocycles. The third kappa shape index (κ3) is 2.58. The van der Waals surface area contributed by atoms with E-state index in [9.17, 15) is 0 Å². The first kappa shape index (κ1) is 10.7. The Morgan fingerprint density at radius 2 is 2.07 bits per heavy atom. The second kappa shape index (κ2) is 4.77. The first-order valence-electron chi connectivity index (χ1n) is 5.73. The van der Waals surface area contributed by atoms with Crippen molar-refractivity contribution in [2.75, 3.05) is 13.2 Å². The maximum atomic E-state index is 5.64. The number of hydrogen-bond donors (Lipinski definition) is 1. The summed E-state index contributed by atoms with van der Waals surface area (Å²) in [7, 11) is 0. The Balaban J connectivity index is 2.03. The number of aryl methyl sites for hydroxylation is 1. The minimum Gasteiger partial charge on any atom is -0.375 e. The molecule has 1 aromatic rings. The summed E-state index contributed by atoms with van der Waals surface area (Å²) < 4.78 is 5.64. The third-order valence-corrected chi connectivity index (χ3v) is 2.99. The van der Waals surface area contributed by atoms with Gasteiger partial charge in [-0.05, 0) is 24.5 Å². The summed E-state index contributed by atoms with van der Waals surface area (Å²) in [4.78, 5) is 0. The highest BCUT2D eigenvalue weighted by Gasteiger charge is 2.18. The molecule has 0 radical (unpaired) electrons. The van der Waals surface area contributed by atoms with Gasteiger partial charge in [-0.25, -0.2) is 0 Å². The molecule has 0 aromatic heterocycles. The predicted molar refractivity (Wildman–Crippen MR) is 62.0 cm³/mol. The van der Waals surface area contributed by atoms with E-state index in [1.807, 2.05) is 0 Å². The van der Waals surface area contributed by atoms with Crippen LogP contribution in [0.25, 0.3) is 0 Å². The van der Waals surface area contributed by atoms with Crippen LogP contribution in [0.15, 0.2) is 24.3 Å². The van der Waals surface area contributed by atoms with Crippen LogP contribution >= 0.6 is 0 Å². The van der Waals surface area contributed by atoms with Gasteiger partial charge in [0, 0.05) is 6.54 Å². The summed E-state index contributed by atoms with van der Waals surface area (Å²) in [6, 6.07) is 9.18. The van der Waals surface area contributed by atoms with Crippen molar-refractivity contribution in [1.82, 2.24) is 5.32 Å². The molecule has 1 heterocycles. The summed E-state index contributed by atoms with van der Waals surface area (Å²) in [6.45, 7) is 6.01. The van der Waals surface area contributed by atoms with E-state index in [0.717, 1.165) is 19.6 Å². The molecule has 0 amide bonds. The van der Waals surface area contributed by atoms with Gasteiger partial charge in [-0.2, -0.15) is 0 Å². The number of hydrogen-bond acceptors (Lipinski definition) is 2. The van der Waals surface area contributed by atoms with E-state index in [-0.39, 0.29) is 0 Å². The molecule has 1 saturated heterocycles. The molecule has 2 atom stereocenters. The van der Waals surface area contributed by atoms with Crippen LogP contribution in [-0.4, -0.2) is 19.3 Å². The van der Waals surface area contributed by atoms with Crippen molar-refractivity contribution in [2.24, 2.45) is 0 Å². The molecule has 0 spiro atoms. The molecule has 15 heavy (non-hydrogen) atoms. The van der Waals surface area contributed by atoms with Crippen molar-refractivity contribution in [3.05, 3.63) is 35.4 Å². The minimum absolute atomic E-state index is 0.344. The van der Waals surface area contributed by atoms with Gasteiger partial charge < -0.3 is 10.1 Å². The highest BCUT2D eigenvalue weighted by Crippen LogP contribution is 2.18. The minimum atomic E-state index is 0.344. The van der Waals surface area contributed by atoms with Gasteiger partial charge >= 0.3 is 0 Å². The van der Waals surface area contributed by atoms with Crippen molar-refractivity contribution < 1.29 is 4.74 Å². The number of benzene rings is 1. The van der Waals surface area contributed by atoms with Crippen molar-refractivity contribution in [3.63, 3.8) is 0 Å². The second-order valence-corrected chi connectivity index (χ2v) is 4.20. The largest absolute Gasteiger partial charge is 0.375 e. The molecule has 0 aliphatic carbocycles. The first-order chi connectivity index (χ1) is 7.29. The van der Waals surface area contributed by atoms with Crippen LogP contribution in [-0.2, 0) is 11.2 Å². The zero-order chi connectivity index (χ0) is 10.7. The lowest BCUT2D eigenvalue weighted by molar-refractivity contribution is 0.0149. The van der Waals surface area contributed by atoms with E-state index < -0.39 is 0 Å². The molecule has 1 N–H and O–H groups in total. The summed E-state index contributed by atoms with van der Waals surface area (Å²) >= 11 is 0. The van der Waals surface area contributed by atoms with Gasteiger partial charge in [0.05, 0.1) is 18.8 Å². The molecule has 1 fully saturated rings. The molecular weight excluding hydrogens is 186 g/mol. The fraction of sp³-hybridized carbons (Fsp3) is 0.538. The van der Waals surface area contributed by atoms with Gasteiger partial charge in [-0.1, -0.05) is 31.2 Å². The first-order valence-corrected chi connectivity index (χ1v) is 5.73. The van der Waals surface area contributed by atoms with Gasteiger partial charge in [0.25, 0.3) is 0 Å². The second-order valence-electron chi connectivity index (χ2n) is 4.20. The zero-order valence-corrected chi connectivity index (χ0v) is 9.49. The van der Waals surface area contributed by atoms with Crippen LogP contribution in [0, 0.1) is 0 Å². The molecule has 0 bridgehead atoms. The quantitative estimate of drug-likeness (QED) is 0.800. The molecule has 2 unspecified atom stereocenters. The van der Waals surface area contributed by atoms with Crippen molar-refractivity contribution >= 4 is 0 Å². The Kier molecular flexibility index (Phi) is 3.39. The van der Waals surface area contributed by atoms with Crippen LogP contribution < -0.4 is 5.32 Å². The van der Waals surface area contributed by atoms with Crippen molar-refractivity contribution in [3.8, 4) is 0 Å². The van der Waals surface area contributed by atoms with Gasteiger partial charge in [0.2, 0.25) is 0 Å². The SMILES string of the molecule is CCc1ccc(C2COC(C)CN2)cc1. The molecule has 1 aliphatic rings. The van der Waals surface area contributed by atoms with Crippen LogP contribution in [0.2, 0.25) is 0 Å². The Morgan fingerprint density at radius 3 is 2.60 bits per heavy atom. The molecule has 82 valence electrons. The van der Waals surface area contributed by atoms with Crippen molar-refractivity contribution in [1.29, 1.82) is 0 Å². The van der Waals surface area contributed by atoms with Gasteiger partial charge in [0.15, 0.2) is 0 Å². The van der Waals surface area contributed by atoms with Gasteiger partial charge in [-0.3, -0.25) is 0 Å². The Morgan fingerprint density at radius 1 is 1.33 bits per heavy atom. The molecule has 2 heteroatoms. The average Bonchev–Trinajstić information content (AvgIpc) is 2.30. The Bertz CT molecular complexity index is 299. The summed E-state index contributed by atoms with van der Waals surface area (Å²) in [5, 5.41) is 3.50. The summed E-state index contributed by atoms with van der Waals surface area (Å²) in [6.07, 6.45) is 1.45. The smallest absolute Gasteiger partial charge is 0.0672 e. The van der Waals surface area contributed by atoms with Crippen LogP contribution in [0.3, 0.4) is 0 Å². The van der Waals surface area contributed by atoms with Crippen LogP contribution in [0.5, 0.6) is 0 Å². The fourth-order valence-electron chi connectivity index (χ4n) is 1.89. The van der Waals surface area contributed by atoms with E-state index in [0.29, 0.717) is 12.1 Å². The van der Waals surface area contributed by atoms with Crippen LogP contribution in [0.4, 0.5) is 0 Å². The third-order valence-electron chi connectivity index (χ3n) is 2.99. The lowest BCUT2D eigenvalue weighted by Gasteiger charge is -2.28. The molecule has 2 nitrogen and oxygen atoms in total. The molecular formula is C13H19NO. The van der Waals surface area contributed by atoms with E-state index in [2.05, 4.69) is 43.4 Å². The molecule has 0 saturated carbocycles. The monoisotopic (exact) mass is 205 g/mol. The van der Waals surface area contributed by atoms with Gasteiger partial charge in [0.1, 0.15) is 0 Å². The maximum Gasteiger partial charge on any atom is 0.0672 e. The number of rotatable bonds is 2. The highest BCUT2D eigenvalue weighted by molar-refractivity contribution is 5.25. The number of nitrogens with one attached hydrogen (secondary N) is 1. The van der Waals surface area contributed by atoms with E-state index in [4.69, 9.17) is 4.74 Å². The summed E-state index contributed by atoms with van der Waals surface area (Å²) in [5.74, 6) is 0.